The second kappa shape index (κ2) is 1.73. The lowest BCUT2D eigenvalue weighted by molar-refractivity contribution is 0.521. The normalized spacial score (nSPS) is 44.6. The van der Waals surface area contributed by atoms with Crippen LogP contribution >= 0.6 is 0 Å². The zero-order chi connectivity index (χ0) is 6.20. The third-order valence-corrected chi connectivity index (χ3v) is 2.24. The standard InChI is InChI=1S/C7H15N/c1-4-8-7(3)5-6(7)2/h6,8H,4-5H2,1-3H3. The summed E-state index contributed by atoms with van der Waals surface area (Å²) in [7, 11) is 0. The molecule has 1 rings (SSSR count). The van der Waals surface area contributed by atoms with Crippen LogP contribution in [0.5, 0.6) is 0 Å². The molecule has 0 aromatic carbocycles. The van der Waals surface area contributed by atoms with Gasteiger partial charge in [0.05, 0.1) is 0 Å². The third kappa shape index (κ3) is 0.873. The highest BCUT2D eigenvalue weighted by Crippen LogP contribution is 2.41. The van der Waals surface area contributed by atoms with E-state index in [1.54, 1.807) is 0 Å². The van der Waals surface area contributed by atoms with Crippen LogP contribution < -0.4 is 5.32 Å². The average molecular weight is 113 g/mol. The summed E-state index contributed by atoms with van der Waals surface area (Å²) >= 11 is 0. The quantitative estimate of drug-likeness (QED) is 0.570. The first-order chi connectivity index (χ1) is 3.69. The van der Waals surface area contributed by atoms with E-state index in [1.807, 2.05) is 0 Å². The number of nitrogens with one attached hydrogen (secondary N) is 1. The summed E-state index contributed by atoms with van der Waals surface area (Å²) < 4.78 is 0. The molecule has 0 saturated heterocycles. The fourth-order valence-electron chi connectivity index (χ4n) is 1.23. The Bertz CT molecular complexity index is 90.4. The van der Waals surface area contributed by atoms with E-state index in [4.69, 9.17) is 0 Å². The Labute approximate surface area is 51.5 Å². The fourth-order valence-corrected chi connectivity index (χ4v) is 1.23. The van der Waals surface area contributed by atoms with E-state index in [0.29, 0.717) is 5.54 Å². The summed E-state index contributed by atoms with van der Waals surface area (Å²) in [6, 6.07) is 0. The molecular formula is C7H15N. The number of hydrogen-bond donors (Lipinski definition) is 1. The molecule has 0 radical (unpaired) electrons. The van der Waals surface area contributed by atoms with Crippen molar-refractivity contribution in [2.24, 2.45) is 5.92 Å². The molecule has 1 fully saturated rings. The summed E-state index contributed by atoms with van der Waals surface area (Å²) in [5, 5.41) is 3.45. The van der Waals surface area contributed by atoms with Gasteiger partial charge in [-0.25, -0.2) is 0 Å². The van der Waals surface area contributed by atoms with Crippen molar-refractivity contribution < 1.29 is 0 Å². The molecule has 1 heteroatoms. The summed E-state index contributed by atoms with van der Waals surface area (Å²) in [4.78, 5) is 0. The molecule has 1 aliphatic carbocycles. The average Bonchev–Trinajstić information content (AvgIpc) is 2.16. The first-order valence-electron chi connectivity index (χ1n) is 3.44. The molecule has 0 bridgehead atoms. The minimum Gasteiger partial charge on any atom is -0.312 e. The van der Waals surface area contributed by atoms with Crippen molar-refractivity contribution in [3.63, 3.8) is 0 Å². The predicted octanol–water partition coefficient (Wildman–Crippen LogP) is 1.39. The van der Waals surface area contributed by atoms with Crippen LogP contribution in [0.15, 0.2) is 0 Å². The Balaban J connectivity index is 2.25. The predicted molar refractivity (Wildman–Crippen MR) is 35.9 cm³/mol. The second-order valence-electron chi connectivity index (χ2n) is 3.05. The molecule has 0 spiro atoms. The van der Waals surface area contributed by atoms with E-state index in [0.717, 1.165) is 12.5 Å². The van der Waals surface area contributed by atoms with Crippen molar-refractivity contribution in [2.75, 3.05) is 6.54 Å². The highest BCUT2D eigenvalue weighted by Gasteiger charge is 2.45. The van der Waals surface area contributed by atoms with E-state index >= 15 is 0 Å². The number of hydrogen-bond acceptors (Lipinski definition) is 1. The van der Waals surface area contributed by atoms with E-state index in [-0.39, 0.29) is 0 Å². The lowest BCUT2D eigenvalue weighted by Gasteiger charge is -2.08. The SMILES string of the molecule is CCNC1(C)CC1C. The van der Waals surface area contributed by atoms with Gasteiger partial charge in [0.15, 0.2) is 0 Å². The first kappa shape index (κ1) is 6.09. The van der Waals surface area contributed by atoms with E-state index in [1.165, 1.54) is 6.42 Å². The highest BCUT2D eigenvalue weighted by atomic mass is 15.0. The fraction of sp³-hybridized carbons (Fsp3) is 1.00. The van der Waals surface area contributed by atoms with Gasteiger partial charge in [0.25, 0.3) is 0 Å². The minimum absolute atomic E-state index is 0.509. The maximum Gasteiger partial charge on any atom is 0.0182 e. The Morgan fingerprint density at radius 3 is 2.38 bits per heavy atom. The zero-order valence-corrected chi connectivity index (χ0v) is 5.99. The maximum absolute atomic E-state index is 3.45. The van der Waals surface area contributed by atoms with Crippen LogP contribution in [0.25, 0.3) is 0 Å². The first-order valence-corrected chi connectivity index (χ1v) is 3.44. The van der Waals surface area contributed by atoms with Gasteiger partial charge < -0.3 is 5.32 Å². The van der Waals surface area contributed by atoms with Gasteiger partial charge in [-0.1, -0.05) is 13.8 Å². The van der Waals surface area contributed by atoms with Gasteiger partial charge in [0, 0.05) is 5.54 Å². The Morgan fingerprint density at radius 2 is 2.25 bits per heavy atom. The molecule has 0 aromatic heterocycles. The molecule has 2 unspecified atom stereocenters. The topological polar surface area (TPSA) is 12.0 Å². The smallest absolute Gasteiger partial charge is 0.0182 e. The lowest BCUT2D eigenvalue weighted by atomic mass is 10.2. The largest absolute Gasteiger partial charge is 0.312 e. The molecule has 1 N–H and O–H groups in total. The van der Waals surface area contributed by atoms with Crippen LogP contribution in [-0.4, -0.2) is 12.1 Å². The molecule has 8 heavy (non-hydrogen) atoms. The zero-order valence-electron chi connectivity index (χ0n) is 5.99. The van der Waals surface area contributed by atoms with Gasteiger partial charge in [-0.3, -0.25) is 0 Å². The van der Waals surface area contributed by atoms with Crippen molar-refractivity contribution in [2.45, 2.75) is 32.7 Å². The van der Waals surface area contributed by atoms with E-state index in [2.05, 4.69) is 26.1 Å². The van der Waals surface area contributed by atoms with Crippen molar-refractivity contribution in [3.05, 3.63) is 0 Å². The maximum atomic E-state index is 3.45. The Morgan fingerprint density at radius 1 is 1.75 bits per heavy atom. The molecule has 2 atom stereocenters. The lowest BCUT2D eigenvalue weighted by Crippen LogP contribution is -2.29. The van der Waals surface area contributed by atoms with Crippen molar-refractivity contribution >= 4 is 0 Å². The molecule has 1 saturated carbocycles. The molecule has 0 heterocycles. The van der Waals surface area contributed by atoms with Gasteiger partial charge in [0.2, 0.25) is 0 Å². The second-order valence-corrected chi connectivity index (χ2v) is 3.05. The molecule has 48 valence electrons. The summed E-state index contributed by atoms with van der Waals surface area (Å²) in [6.45, 7) is 7.86. The van der Waals surface area contributed by atoms with Crippen molar-refractivity contribution in [3.8, 4) is 0 Å². The number of rotatable bonds is 2. The van der Waals surface area contributed by atoms with Crippen LogP contribution in [0.1, 0.15) is 27.2 Å². The summed E-state index contributed by atoms with van der Waals surface area (Å²) in [6.07, 6.45) is 1.36. The van der Waals surface area contributed by atoms with Gasteiger partial charge >= 0.3 is 0 Å². The third-order valence-electron chi connectivity index (χ3n) is 2.24. The molecule has 1 nitrogen and oxygen atoms in total. The summed E-state index contributed by atoms with van der Waals surface area (Å²) in [5.41, 5.74) is 0.509. The van der Waals surface area contributed by atoms with Crippen LogP contribution in [0.3, 0.4) is 0 Å². The van der Waals surface area contributed by atoms with E-state index < -0.39 is 0 Å². The molecule has 1 aliphatic rings. The minimum atomic E-state index is 0.509. The van der Waals surface area contributed by atoms with E-state index in [9.17, 15) is 0 Å². The van der Waals surface area contributed by atoms with Crippen LogP contribution in [0, 0.1) is 5.92 Å². The van der Waals surface area contributed by atoms with Crippen molar-refractivity contribution in [1.29, 1.82) is 0 Å². The molecular weight excluding hydrogens is 98.1 g/mol. The van der Waals surface area contributed by atoms with Gasteiger partial charge in [-0.05, 0) is 25.8 Å². The van der Waals surface area contributed by atoms with Gasteiger partial charge in [0.1, 0.15) is 0 Å². The van der Waals surface area contributed by atoms with Crippen LogP contribution in [0.2, 0.25) is 0 Å². The van der Waals surface area contributed by atoms with Crippen LogP contribution in [-0.2, 0) is 0 Å². The van der Waals surface area contributed by atoms with Gasteiger partial charge in [-0.2, -0.15) is 0 Å². The van der Waals surface area contributed by atoms with Crippen LogP contribution in [0.4, 0.5) is 0 Å². The summed E-state index contributed by atoms with van der Waals surface area (Å²) in [5.74, 6) is 0.905. The van der Waals surface area contributed by atoms with Gasteiger partial charge in [-0.15, -0.1) is 0 Å². The Hall–Kier alpha value is -0.0400. The monoisotopic (exact) mass is 113 g/mol. The highest BCUT2D eigenvalue weighted by molar-refractivity contribution is 5.03. The Kier molecular flexibility index (Phi) is 1.31. The van der Waals surface area contributed by atoms with Crippen molar-refractivity contribution in [1.82, 2.24) is 5.32 Å². The molecule has 0 amide bonds. The molecule has 0 aliphatic heterocycles. The molecule has 0 aromatic rings.